The van der Waals surface area contributed by atoms with Crippen molar-refractivity contribution in [2.45, 2.75) is 32.9 Å². The number of pyridine rings is 1. The number of hydrogen-bond donors (Lipinski definition) is 1. The van der Waals surface area contributed by atoms with Crippen LogP contribution in [0.4, 0.5) is 4.39 Å². The number of benzene rings is 1. The molecule has 7 heteroatoms. The van der Waals surface area contributed by atoms with Crippen LogP contribution in [0.15, 0.2) is 54.9 Å². The fourth-order valence-corrected chi connectivity index (χ4v) is 3.49. The molecule has 0 aliphatic carbocycles. The Bertz CT molecular complexity index is 1130. The molecule has 0 saturated heterocycles. The summed E-state index contributed by atoms with van der Waals surface area (Å²) in [5, 5.41) is 12.5. The Labute approximate surface area is 162 Å². The van der Waals surface area contributed by atoms with Gasteiger partial charge in [0.15, 0.2) is 11.5 Å². The van der Waals surface area contributed by atoms with Crippen molar-refractivity contribution in [1.29, 1.82) is 0 Å². The molecule has 4 aromatic rings. The largest absolute Gasteiger partial charge is 0.344 e. The molecule has 0 aliphatic heterocycles. The van der Waals surface area contributed by atoms with Gasteiger partial charge in [0, 0.05) is 12.4 Å². The summed E-state index contributed by atoms with van der Waals surface area (Å²) < 4.78 is 17.2. The first-order valence-corrected chi connectivity index (χ1v) is 9.34. The molecule has 0 saturated carbocycles. The average molecular weight is 379 g/mol. The molecule has 144 valence electrons. The molecule has 3 heterocycles. The van der Waals surface area contributed by atoms with Gasteiger partial charge in [-0.1, -0.05) is 19.9 Å². The van der Waals surface area contributed by atoms with Crippen LogP contribution in [0, 0.1) is 11.7 Å². The van der Waals surface area contributed by atoms with E-state index < -0.39 is 0 Å². The number of fused-ring (bicyclic) bond motifs is 2. The Hall–Kier alpha value is -3.22. The SMILES string of the molecule is CC(C)C[C@@H](NC(=O)Cn1ccc2ccc(F)cc21)c1nnc2ccccn12. The Morgan fingerprint density at radius 3 is 2.82 bits per heavy atom. The zero-order chi connectivity index (χ0) is 19.7. The number of aromatic nitrogens is 4. The predicted molar refractivity (Wildman–Crippen MR) is 105 cm³/mol. The first kappa shape index (κ1) is 18.2. The van der Waals surface area contributed by atoms with Gasteiger partial charge in [0.05, 0.1) is 11.6 Å². The van der Waals surface area contributed by atoms with Crippen molar-refractivity contribution in [3.8, 4) is 0 Å². The van der Waals surface area contributed by atoms with E-state index in [-0.39, 0.29) is 24.3 Å². The van der Waals surface area contributed by atoms with Gasteiger partial charge in [-0.2, -0.15) is 0 Å². The van der Waals surface area contributed by atoms with Crippen LogP contribution in [0.25, 0.3) is 16.6 Å². The highest BCUT2D eigenvalue weighted by molar-refractivity contribution is 5.83. The van der Waals surface area contributed by atoms with Crippen molar-refractivity contribution >= 4 is 22.5 Å². The van der Waals surface area contributed by atoms with Gasteiger partial charge in [-0.25, -0.2) is 4.39 Å². The molecule has 6 nitrogen and oxygen atoms in total. The summed E-state index contributed by atoms with van der Waals surface area (Å²) in [4.78, 5) is 12.8. The highest BCUT2D eigenvalue weighted by Crippen LogP contribution is 2.21. The van der Waals surface area contributed by atoms with Crippen molar-refractivity contribution < 1.29 is 9.18 Å². The van der Waals surface area contributed by atoms with E-state index in [1.165, 1.54) is 12.1 Å². The molecule has 1 amide bonds. The summed E-state index contributed by atoms with van der Waals surface area (Å²) in [5.74, 6) is 0.601. The fraction of sp³-hybridized carbons (Fsp3) is 0.286. The van der Waals surface area contributed by atoms with Crippen molar-refractivity contribution in [3.05, 3.63) is 66.5 Å². The van der Waals surface area contributed by atoms with Crippen LogP contribution in [0.2, 0.25) is 0 Å². The molecule has 0 unspecified atom stereocenters. The Balaban J connectivity index is 1.58. The Kier molecular flexibility index (Phi) is 4.81. The molecule has 1 atom stereocenters. The molecule has 28 heavy (non-hydrogen) atoms. The third kappa shape index (κ3) is 3.60. The minimum atomic E-state index is -0.319. The van der Waals surface area contributed by atoms with Crippen molar-refractivity contribution in [2.24, 2.45) is 5.92 Å². The number of carbonyl (C=O) groups excluding carboxylic acids is 1. The number of amides is 1. The first-order valence-electron chi connectivity index (χ1n) is 9.34. The van der Waals surface area contributed by atoms with E-state index in [2.05, 4.69) is 29.4 Å². The summed E-state index contributed by atoms with van der Waals surface area (Å²) in [6.07, 6.45) is 4.43. The predicted octanol–water partition coefficient (Wildman–Crippen LogP) is 3.73. The second kappa shape index (κ2) is 7.42. The zero-order valence-electron chi connectivity index (χ0n) is 15.8. The molecule has 0 aliphatic rings. The lowest BCUT2D eigenvalue weighted by Crippen LogP contribution is -2.33. The second-order valence-corrected chi connectivity index (χ2v) is 7.38. The van der Waals surface area contributed by atoms with Gasteiger partial charge in [-0.05, 0) is 54.1 Å². The van der Waals surface area contributed by atoms with E-state index in [9.17, 15) is 9.18 Å². The third-order valence-corrected chi connectivity index (χ3v) is 4.74. The highest BCUT2D eigenvalue weighted by Gasteiger charge is 2.22. The van der Waals surface area contributed by atoms with Crippen LogP contribution in [-0.4, -0.2) is 25.1 Å². The van der Waals surface area contributed by atoms with Gasteiger partial charge >= 0.3 is 0 Å². The van der Waals surface area contributed by atoms with E-state index in [0.29, 0.717) is 17.3 Å². The topological polar surface area (TPSA) is 64.2 Å². The normalized spacial score (nSPS) is 12.7. The second-order valence-electron chi connectivity index (χ2n) is 7.38. The third-order valence-electron chi connectivity index (χ3n) is 4.74. The van der Waals surface area contributed by atoms with Gasteiger partial charge in [0.25, 0.3) is 0 Å². The van der Waals surface area contributed by atoms with Gasteiger partial charge in [-0.3, -0.25) is 9.20 Å². The van der Waals surface area contributed by atoms with E-state index in [1.807, 2.05) is 34.9 Å². The van der Waals surface area contributed by atoms with Crippen molar-refractivity contribution in [2.75, 3.05) is 0 Å². The number of rotatable bonds is 6. The van der Waals surface area contributed by atoms with E-state index in [0.717, 1.165) is 17.5 Å². The van der Waals surface area contributed by atoms with Crippen molar-refractivity contribution in [1.82, 2.24) is 24.5 Å². The number of carbonyl (C=O) groups is 1. The summed E-state index contributed by atoms with van der Waals surface area (Å²) >= 11 is 0. The lowest BCUT2D eigenvalue weighted by Gasteiger charge is -2.19. The van der Waals surface area contributed by atoms with Crippen LogP contribution in [0.3, 0.4) is 0 Å². The smallest absolute Gasteiger partial charge is 0.240 e. The van der Waals surface area contributed by atoms with Gasteiger partial charge in [0.2, 0.25) is 5.91 Å². The van der Waals surface area contributed by atoms with E-state index >= 15 is 0 Å². The Morgan fingerprint density at radius 1 is 1.14 bits per heavy atom. The van der Waals surface area contributed by atoms with Crippen LogP contribution in [0.1, 0.15) is 32.1 Å². The number of hydrogen-bond acceptors (Lipinski definition) is 3. The van der Waals surface area contributed by atoms with Crippen LogP contribution in [0.5, 0.6) is 0 Å². The van der Waals surface area contributed by atoms with Gasteiger partial charge < -0.3 is 9.88 Å². The molecule has 1 N–H and O–H groups in total. The Morgan fingerprint density at radius 2 is 2.00 bits per heavy atom. The van der Waals surface area contributed by atoms with Crippen molar-refractivity contribution in [3.63, 3.8) is 0 Å². The number of nitrogens with one attached hydrogen (secondary N) is 1. The maximum Gasteiger partial charge on any atom is 0.240 e. The molecule has 0 spiro atoms. The lowest BCUT2D eigenvalue weighted by molar-refractivity contribution is -0.122. The molecule has 0 fully saturated rings. The van der Waals surface area contributed by atoms with Crippen LogP contribution >= 0.6 is 0 Å². The standard InChI is InChI=1S/C21H22FN5O/c1-14(2)11-17(21-25-24-19-5-3-4-9-27(19)21)23-20(28)13-26-10-8-15-6-7-16(22)12-18(15)26/h3-10,12,14,17H,11,13H2,1-2H3,(H,23,28)/t17-/m1/s1. The first-order chi connectivity index (χ1) is 13.5. The summed E-state index contributed by atoms with van der Waals surface area (Å²) in [6, 6.07) is 11.9. The van der Waals surface area contributed by atoms with E-state index in [4.69, 9.17) is 0 Å². The maximum absolute atomic E-state index is 13.6. The highest BCUT2D eigenvalue weighted by atomic mass is 19.1. The minimum absolute atomic E-state index is 0.109. The molecule has 3 aromatic heterocycles. The molecule has 1 aromatic carbocycles. The summed E-state index contributed by atoms with van der Waals surface area (Å²) in [6.45, 7) is 4.31. The summed E-state index contributed by atoms with van der Waals surface area (Å²) in [5.41, 5.74) is 1.44. The van der Waals surface area contributed by atoms with Crippen LogP contribution < -0.4 is 5.32 Å². The molecular weight excluding hydrogens is 357 g/mol. The quantitative estimate of drug-likeness (QED) is 0.555. The lowest BCUT2D eigenvalue weighted by atomic mass is 10.0. The number of nitrogens with zero attached hydrogens (tertiary/aromatic N) is 4. The number of halogens is 1. The minimum Gasteiger partial charge on any atom is -0.344 e. The summed E-state index contributed by atoms with van der Waals surface area (Å²) in [7, 11) is 0. The van der Waals surface area contributed by atoms with E-state index in [1.54, 1.807) is 16.8 Å². The molecule has 0 radical (unpaired) electrons. The van der Waals surface area contributed by atoms with Crippen LogP contribution in [-0.2, 0) is 11.3 Å². The van der Waals surface area contributed by atoms with Gasteiger partial charge in [-0.15, -0.1) is 10.2 Å². The average Bonchev–Trinajstić information content (AvgIpc) is 3.25. The monoisotopic (exact) mass is 379 g/mol. The molecule has 0 bridgehead atoms. The molecular formula is C21H22FN5O. The fourth-order valence-electron chi connectivity index (χ4n) is 3.49. The zero-order valence-corrected chi connectivity index (χ0v) is 15.8. The maximum atomic E-state index is 13.6. The molecule has 4 rings (SSSR count). The van der Waals surface area contributed by atoms with Gasteiger partial charge in [0.1, 0.15) is 12.4 Å².